The van der Waals surface area contributed by atoms with Crippen LogP contribution in [0.15, 0.2) is 22.9 Å². The zero-order chi connectivity index (χ0) is 12.3. The third-order valence-corrected chi connectivity index (χ3v) is 3.13. The average Bonchev–Trinajstić information content (AvgIpc) is 2.81. The fraction of sp³-hybridized carbons (Fsp3) is 0.333. The summed E-state index contributed by atoms with van der Waals surface area (Å²) in [6.45, 7) is 4.00. The van der Waals surface area contributed by atoms with E-state index >= 15 is 0 Å². The number of hydrogen-bond donors (Lipinski definition) is 1. The molecule has 2 aromatic rings. The van der Waals surface area contributed by atoms with Crippen LogP contribution in [0, 0.1) is 6.92 Å². The van der Waals surface area contributed by atoms with E-state index < -0.39 is 0 Å². The van der Waals surface area contributed by atoms with Crippen LogP contribution in [0.3, 0.4) is 0 Å². The number of hydrogen-bond acceptors (Lipinski definition) is 5. The summed E-state index contributed by atoms with van der Waals surface area (Å²) in [5, 5.41) is 7.44. The summed E-state index contributed by atoms with van der Waals surface area (Å²) in [6, 6.07) is 4.09. The van der Waals surface area contributed by atoms with Crippen molar-refractivity contribution in [1.82, 2.24) is 9.97 Å². The van der Waals surface area contributed by atoms with E-state index in [1.165, 1.54) is 5.56 Å². The average molecular weight is 249 g/mol. The van der Waals surface area contributed by atoms with Gasteiger partial charge in [-0.25, -0.2) is 4.98 Å². The first kappa shape index (κ1) is 11.9. The maximum Gasteiger partial charge on any atom is 0.226 e. The molecule has 17 heavy (non-hydrogen) atoms. The standard InChI is InChI=1S/C12H15N3OS/c1-8-6-11(16-3)15-12(13-8)14-9(2)10-4-5-17-7-10/h4-7,9H,1-3H3,(H,13,14,15). The first-order valence-corrected chi connectivity index (χ1v) is 6.31. The Morgan fingerprint density at radius 3 is 2.88 bits per heavy atom. The molecule has 0 spiro atoms. The highest BCUT2D eigenvalue weighted by molar-refractivity contribution is 7.07. The highest BCUT2D eigenvalue weighted by atomic mass is 32.1. The lowest BCUT2D eigenvalue weighted by atomic mass is 10.2. The van der Waals surface area contributed by atoms with E-state index in [2.05, 4.69) is 39.0 Å². The Hall–Kier alpha value is -1.62. The van der Waals surface area contributed by atoms with Crippen LogP contribution in [0.5, 0.6) is 5.88 Å². The highest BCUT2D eigenvalue weighted by Gasteiger charge is 2.08. The Morgan fingerprint density at radius 2 is 2.24 bits per heavy atom. The van der Waals surface area contributed by atoms with Crippen molar-refractivity contribution >= 4 is 17.3 Å². The fourth-order valence-corrected chi connectivity index (χ4v) is 2.26. The van der Waals surface area contributed by atoms with Gasteiger partial charge in [0.05, 0.1) is 13.2 Å². The number of ether oxygens (including phenoxy) is 1. The molecule has 0 amide bonds. The maximum absolute atomic E-state index is 5.12. The Morgan fingerprint density at radius 1 is 1.41 bits per heavy atom. The monoisotopic (exact) mass is 249 g/mol. The number of aryl methyl sites for hydroxylation is 1. The number of nitrogens with one attached hydrogen (secondary N) is 1. The van der Waals surface area contributed by atoms with Gasteiger partial charge in [-0.05, 0) is 36.2 Å². The molecule has 4 nitrogen and oxygen atoms in total. The Bertz CT molecular complexity index is 485. The molecule has 0 bridgehead atoms. The number of thiophene rings is 1. The van der Waals surface area contributed by atoms with E-state index in [1.54, 1.807) is 24.5 Å². The van der Waals surface area contributed by atoms with E-state index in [0.29, 0.717) is 11.8 Å². The van der Waals surface area contributed by atoms with Gasteiger partial charge in [0.15, 0.2) is 0 Å². The molecule has 0 aliphatic heterocycles. The van der Waals surface area contributed by atoms with E-state index in [0.717, 1.165) is 5.69 Å². The Labute approximate surface area is 105 Å². The molecule has 2 aromatic heterocycles. The summed E-state index contributed by atoms with van der Waals surface area (Å²) in [4.78, 5) is 8.59. The summed E-state index contributed by atoms with van der Waals surface area (Å²) in [5.74, 6) is 1.18. The van der Waals surface area contributed by atoms with Gasteiger partial charge in [0.1, 0.15) is 0 Å². The Kier molecular flexibility index (Phi) is 3.58. The Balaban J connectivity index is 2.15. The van der Waals surface area contributed by atoms with Crippen molar-refractivity contribution in [3.05, 3.63) is 34.2 Å². The van der Waals surface area contributed by atoms with E-state index in [1.807, 2.05) is 6.92 Å². The zero-order valence-corrected chi connectivity index (χ0v) is 10.9. The lowest BCUT2D eigenvalue weighted by Crippen LogP contribution is -2.09. The third kappa shape index (κ3) is 2.94. The van der Waals surface area contributed by atoms with Crippen LogP contribution in [0.4, 0.5) is 5.95 Å². The minimum atomic E-state index is 0.188. The first-order valence-electron chi connectivity index (χ1n) is 5.37. The molecule has 2 heterocycles. The van der Waals surface area contributed by atoms with Crippen LogP contribution in [0.25, 0.3) is 0 Å². The minimum Gasteiger partial charge on any atom is -0.481 e. The van der Waals surface area contributed by atoms with Crippen LogP contribution in [0.1, 0.15) is 24.2 Å². The molecule has 0 aliphatic rings. The predicted octanol–water partition coefficient (Wildman–Crippen LogP) is 3.03. The quantitative estimate of drug-likeness (QED) is 0.904. The summed E-state index contributed by atoms with van der Waals surface area (Å²) in [5.41, 5.74) is 2.12. The molecular weight excluding hydrogens is 234 g/mol. The van der Waals surface area contributed by atoms with Gasteiger partial charge in [0.2, 0.25) is 11.8 Å². The zero-order valence-electron chi connectivity index (χ0n) is 10.1. The maximum atomic E-state index is 5.12. The summed E-state index contributed by atoms with van der Waals surface area (Å²) >= 11 is 1.68. The van der Waals surface area contributed by atoms with Gasteiger partial charge in [0.25, 0.3) is 0 Å². The van der Waals surface area contributed by atoms with Crippen LogP contribution >= 0.6 is 11.3 Å². The van der Waals surface area contributed by atoms with Crippen LogP contribution in [0.2, 0.25) is 0 Å². The molecule has 0 fully saturated rings. The third-order valence-electron chi connectivity index (χ3n) is 2.43. The van der Waals surface area contributed by atoms with Gasteiger partial charge < -0.3 is 10.1 Å². The lowest BCUT2D eigenvalue weighted by molar-refractivity contribution is 0.397. The van der Waals surface area contributed by atoms with Gasteiger partial charge in [-0.15, -0.1) is 0 Å². The highest BCUT2D eigenvalue weighted by Crippen LogP contribution is 2.20. The second-order valence-electron chi connectivity index (χ2n) is 3.80. The largest absolute Gasteiger partial charge is 0.481 e. The van der Waals surface area contributed by atoms with Crippen molar-refractivity contribution in [2.45, 2.75) is 19.9 Å². The summed E-state index contributed by atoms with van der Waals surface area (Å²) < 4.78 is 5.12. The molecular formula is C12H15N3OS. The molecule has 0 aliphatic carbocycles. The van der Waals surface area contributed by atoms with Crippen molar-refractivity contribution in [2.24, 2.45) is 0 Å². The van der Waals surface area contributed by atoms with Crippen LogP contribution in [-0.4, -0.2) is 17.1 Å². The van der Waals surface area contributed by atoms with E-state index in [-0.39, 0.29) is 6.04 Å². The molecule has 90 valence electrons. The van der Waals surface area contributed by atoms with Crippen molar-refractivity contribution in [2.75, 3.05) is 12.4 Å². The fourth-order valence-electron chi connectivity index (χ4n) is 1.51. The van der Waals surface area contributed by atoms with Crippen molar-refractivity contribution in [3.63, 3.8) is 0 Å². The van der Waals surface area contributed by atoms with Gasteiger partial charge in [-0.1, -0.05) is 0 Å². The van der Waals surface area contributed by atoms with E-state index in [4.69, 9.17) is 4.74 Å². The number of methoxy groups -OCH3 is 1. The molecule has 0 radical (unpaired) electrons. The first-order chi connectivity index (χ1) is 8.19. The van der Waals surface area contributed by atoms with Crippen molar-refractivity contribution in [1.29, 1.82) is 0 Å². The molecule has 2 rings (SSSR count). The molecule has 1 atom stereocenters. The van der Waals surface area contributed by atoms with Gasteiger partial charge in [-0.3, -0.25) is 0 Å². The van der Waals surface area contributed by atoms with Gasteiger partial charge in [0, 0.05) is 11.8 Å². The molecule has 1 unspecified atom stereocenters. The summed E-state index contributed by atoms with van der Waals surface area (Å²) in [6.07, 6.45) is 0. The normalized spacial score (nSPS) is 12.2. The number of rotatable bonds is 4. The van der Waals surface area contributed by atoms with Crippen molar-refractivity contribution in [3.8, 4) is 5.88 Å². The minimum absolute atomic E-state index is 0.188. The van der Waals surface area contributed by atoms with E-state index in [9.17, 15) is 0 Å². The topological polar surface area (TPSA) is 47.0 Å². The van der Waals surface area contributed by atoms with Gasteiger partial charge >= 0.3 is 0 Å². The second kappa shape index (κ2) is 5.14. The lowest BCUT2D eigenvalue weighted by Gasteiger charge is -2.13. The van der Waals surface area contributed by atoms with Crippen LogP contribution < -0.4 is 10.1 Å². The summed E-state index contributed by atoms with van der Waals surface area (Å²) in [7, 11) is 1.61. The number of aromatic nitrogens is 2. The number of anilines is 1. The molecule has 0 saturated heterocycles. The SMILES string of the molecule is COc1cc(C)nc(NC(C)c2ccsc2)n1. The smallest absolute Gasteiger partial charge is 0.226 e. The second-order valence-corrected chi connectivity index (χ2v) is 4.58. The molecule has 0 saturated carbocycles. The molecule has 1 N–H and O–H groups in total. The van der Waals surface area contributed by atoms with Crippen molar-refractivity contribution < 1.29 is 4.74 Å². The predicted molar refractivity (Wildman–Crippen MR) is 69.7 cm³/mol. The van der Waals surface area contributed by atoms with Gasteiger partial charge in [-0.2, -0.15) is 16.3 Å². The number of nitrogens with zero attached hydrogens (tertiary/aromatic N) is 2. The molecule has 0 aromatic carbocycles. The van der Waals surface area contributed by atoms with Crippen LogP contribution in [-0.2, 0) is 0 Å². The molecule has 5 heteroatoms.